The van der Waals surface area contributed by atoms with Crippen LogP contribution < -0.4 is 0 Å². The predicted octanol–water partition coefficient (Wildman–Crippen LogP) is 2.91. The minimum atomic E-state index is 0.171. The zero-order valence-electron chi connectivity index (χ0n) is 10.7. The summed E-state index contributed by atoms with van der Waals surface area (Å²) in [5, 5.41) is 36.4. The Labute approximate surface area is 112 Å². The van der Waals surface area contributed by atoms with Crippen LogP contribution in [0.25, 0.3) is 0 Å². The first-order valence-corrected chi connectivity index (χ1v) is 6.03. The highest BCUT2D eigenvalue weighted by Crippen LogP contribution is 2.24. The molecule has 0 spiro atoms. The van der Waals surface area contributed by atoms with E-state index >= 15 is 0 Å². The van der Waals surface area contributed by atoms with E-state index in [1.54, 1.807) is 0 Å². The molecule has 0 saturated heterocycles. The van der Waals surface area contributed by atoms with E-state index in [-0.39, 0.29) is 22.3 Å². The molecule has 0 N–H and O–H groups in total. The summed E-state index contributed by atoms with van der Waals surface area (Å²) in [6, 6.07) is 9.13. The molecule has 0 bridgehead atoms. The van der Waals surface area contributed by atoms with Gasteiger partial charge in [0.2, 0.25) is 0 Å². The van der Waals surface area contributed by atoms with Crippen molar-refractivity contribution in [1.29, 1.82) is 21.0 Å². The molecule has 0 saturated carbocycles. The Morgan fingerprint density at radius 1 is 0.842 bits per heavy atom. The molecule has 0 fully saturated rings. The van der Waals surface area contributed by atoms with Crippen LogP contribution in [0.4, 0.5) is 0 Å². The van der Waals surface area contributed by atoms with Crippen molar-refractivity contribution in [1.82, 2.24) is 0 Å². The average Bonchev–Trinajstić information content (AvgIpc) is 2.45. The molecule has 0 aliphatic rings. The number of nitriles is 4. The van der Waals surface area contributed by atoms with E-state index < -0.39 is 0 Å². The SMILES string of the molecule is CCCCCc1c(C#N)c(C#N)cc(C#N)c1C#N. The second-order valence-corrected chi connectivity index (χ2v) is 4.10. The third-order valence-electron chi connectivity index (χ3n) is 2.93. The van der Waals surface area contributed by atoms with Crippen molar-refractivity contribution in [2.75, 3.05) is 0 Å². The molecule has 0 aromatic heterocycles. The van der Waals surface area contributed by atoms with Crippen LogP contribution >= 0.6 is 0 Å². The molecule has 0 heterocycles. The van der Waals surface area contributed by atoms with Gasteiger partial charge in [0.15, 0.2) is 0 Å². The van der Waals surface area contributed by atoms with E-state index in [1.807, 2.05) is 24.3 Å². The van der Waals surface area contributed by atoms with Crippen LogP contribution in [0.1, 0.15) is 54.0 Å². The molecule has 19 heavy (non-hydrogen) atoms. The first kappa shape index (κ1) is 14.2. The fraction of sp³-hybridized carbons (Fsp3) is 0.333. The number of nitrogens with zero attached hydrogens (tertiary/aromatic N) is 4. The number of unbranched alkanes of at least 4 members (excludes halogenated alkanes) is 2. The molecule has 0 unspecified atom stereocenters. The topological polar surface area (TPSA) is 95.2 Å². The fourth-order valence-corrected chi connectivity index (χ4v) is 1.97. The summed E-state index contributed by atoms with van der Waals surface area (Å²) < 4.78 is 0. The number of hydrogen-bond donors (Lipinski definition) is 0. The van der Waals surface area contributed by atoms with Crippen molar-refractivity contribution in [3.05, 3.63) is 33.9 Å². The van der Waals surface area contributed by atoms with Gasteiger partial charge >= 0.3 is 0 Å². The molecule has 0 radical (unpaired) electrons. The second-order valence-electron chi connectivity index (χ2n) is 4.10. The van der Waals surface area contributed by atoms with Crippen molar-refractivity contribution >= 4 is 0 Å². The van der Waals surface area contributed by atoms with E-state index in [4.69, 9.17) is 10.5 Å². The monoisotopic (exact) mass is 248 g/mol. The molecule has 92 valence electrons. The van der Waals surface area contributed by atoms with E-state index in [9.17, 15) is 10.5 Å². The molecule has 0 atom stereocenters. The highest BCUT2D eigenvalue weighted by molar-refractivity contribution is 5.62. The van der Waals surface area contributed by atoms with E-state index in [0.717, 1.165) is 19.3 Å². The van der Waals surface area contributed by atoms with Gasteiger partial charge in [0, 0.05) is 0 Å². The average molecular weight is 248 g/mol. The molecule has 0 amide bonds. The summed E-state index contributed by atoms with van der Waals surface area (Å²) in [5.41, 5.74) is 1.34. The molecular formula is C15H12N4. The Balaban J connectivity index is 3.47. The van der Waals surface area contributed by atoms with Gasteiger partial charge in [-0.2, -0.15) is 21.0 Å². The van der Waals surface area contributed by atoms with Gasteiger partial charge < -0.3 is 0 Å². The lowest BCUT2D eigenvalue weighted by molar-refractivity contribution is 0.715. The van der Waals surface area contributed by atoms with Crippen LogP contribution in [0, 0.1) is 45.3 Å². The largest absolute Gasteiger partial charge is 0.192 e. The second kappa shape index (κ2) is 6.80. The number of rotatable bonds is 4. The summed E-state index contributed by atoms with van der Waals surface area (Å²) >= 11 is 0. The summed E-state index contributed by atoms with van der Waals surface area (Å²) in [7, 11) is 0. The highest BCUT2D eigenvalue weighted by atomic mass is 14.3. The lowest BCUT2D eigenvalue weighted by Gasteiger charge is -2.09. The first-order valence-electron chi connectivity index (χ1n) is 6.03. The maximum Gasteiger partial charge on any atom is 0.101 e. The summed E-state index contributed by atoms with van der Waals surface area (Å²) in [6.07, 6.45) is 3.38. The maximum atomic E-state index is 9.18. The zero-order valence-corrected chi connectivity index (χ0v) is 10.7. The van der Waals surface area contributed by atoms with Crippen LogP contribution in [0.3, 0.4) is 0 Å². The van der Waals surface area contributed by atoms with Crippen molar-refractivity contribution < 1.29 is 0 Å². The zero-order chi connectivity index (χ0) is 14.3. The van der Waals surface area contributed by atoms with Crippen LogP contribution in [0.15, 0.2) is 6.07 Å². The molecule has 1 rings (SSSR count). The van der Waals surface area contributed by atoms with Crippen molar-refractivity contribution in [3.63, 3.8) is 0 Å². The van der Waals surface area contributed by atoms with E-state index in [0.29, 0.717) is 12.0 Å². The maximum absolute atomic E-state index is 9.18. The molecule has 4 heteroatoms. The van der Waals surface area contributed by atoms with Gasteiger partial charge in [0.25, 0.3) is 0 Å². The third kappa shape index (κ3) is 2.90. The minimum absolute atomic E-state index is 0.171. The van der Waals surface area contributed by atoms with Gasteiger partial charge in [-0.25, -0.2) is 0 Å². The van der Waals surface area contributed by atoms with Crippen LogP contribution in [0.2, 0.25) is 0 Å². The first-order chi connectivity index (χ1) is 9.23. The van der Waals surface area contributed by atoms with Crippen molar-refractivity contribution in [2.45, 2.75) is 32.6 Å². The van der Waals surface area contributed by atoms with Gasteiger partial charge in [-0.3, -0.25) is 0 Å². The lowest BCUT2D eigenvalue weighted by Crippen LogP contribution is -2.02. The third-order valence-corrected chi connectivity index (χ3v) is 2.93. The van der Waals surface area contributed by atoms with Gasteiger partial charge in [-0.15, -0.1) is 0 Å². The Morgan fingerprint density at radius 3 is 1.74 bits per heavy atom. The molecular weight excluding hydrogens is 236 g/mol. The van der Waals surface area contributed by atoms with Gasteiger partial charge in [0.05, 0.1) is 22.3 Å². The van der Waals surface area contributed by atoms with Crippen LogP contribution in [-0.2, 0) is 6.42 Å². The van der Waals surface area contributed by atoms with Crippen molar-refractivity contribution in [3.8, 4) is 24.3 Å². The Bertz CT molecular complexity index is 595. The molecule has 1 aromatic carbocycles. The molecule has 1 aromatic rings. The predicted molar refractivity (Wildman–Crippen MR) is 68.5 cm³/mol. The van der Waals surface area contributed by atoms with Crippen molar-refractivity contribution in [2.24, 2.45) is 0 Å². The number of benzene rings is 1. The molecule has 0 aliphatic carbocycles. The fourth-order valence-electron chi connectivity index (χ4n) is 1.97. The van der Waals surface area contributed by atoms with Gasteiger partial charge in [0.1, 0.15) is 24.3 Å². The Morgan fingerprint density at radius 2 is 1.37 bits per heavy atom. The molecule has 0 aliphatic heterocycles. The lowest BCUT2D eigenvalue weighted by atomic mass is 9.90. The summed E-state index contributed by atoms with van der Waals surface area (Å²) in [6.45, 7) is 2.06. The summed E-state index contributed by atoms with van der Waals surface area (Å²) in [5.74, 6) is 0. The Kier molecular flexibility index (Phi) is 5.10. The number of hydrogen-bond acceptors (Lipinski definition) is 4. The smallest absolute Gasteiger partial charge is 0.101 e. The quantitative estimate of drug-likeness (QED) is 0.765. The standard InChI is InChI=1S/C15H12N4/c1-2-3-4-5-13-14(9-18)11(7-16)6-12(8-17)15(13)10-19/h6H,2-5H2,1H3. The normalized spacial score (nSPS) is 8.89. The summed E-state index contributed by atoms with van der Waals surface area (Å²) in [4.78, 5) is 0. The molecule has 4 nitrogen and oxygen atoms in total. The van der Waals surface area contributed by atoms with Crippen LogP contribution in [0.5, 0.6) is 0 Å². The Hall–Kier alpha value is -2.82. The van der Waals surface area contributed by atoms with Gasteiger partial charge in [-0.1, -0.05) is 19.8 Å². The van der Waals surface area contributed by atoms with E-state index in [2.05, 4.69) is 6.92 Å². The van der Waals surface area contributed by atoms with Crippen LogP contribution in [-0.4, -0.2) is 0 Å². The van der Waals surface area contributed by atoms with Gasteiger partial charge in [-0.05, 0) is 24.5 Å². The highest BCUT2D eigenvalue weighted by Gasteiger charge is 2.17. The minimum Gasteiger partial charge on any atom is -0.192 e. The van der Waals surface area contributed by atoms with E-state index in [1.165, 1.54) is 6.07 Å².